The van der Waals surface area contributed by atoms with Gasteiger partial charge in [0.05, 0.1) is 12.2 Å². The third-order valence-electron chi connectivity index (χ3n) is 5.26. The molecule has 1 aromatic carbocycles. The highest BCUT2D eigenvalue weighted by Crippen LogP contribution is 2.26. The molecule has 3 aromatic rings. The fourth-order valence-corrected chi connectivity index (χ4v) is 3.71. The lowest BCUT2D eigenvalue weighted by Crippen LogP contribution is -2.40. The van der Waals surface area contributed by atoms with Gasteiger partial charge in [0.25, 0.3) is 0 Å². The molecule has 1 unspecified atom stereocenters. The van der Waals surface area contributed by atoms with E-state index < -0.39 is 0 Å². The molecule has 3 N–H and O–H groups in total. The van der Waals surface area contributed by atoms with Crippen molar-refractivity contribution >= 4 is 29.2 Å². The van der Waals surface area contributed by atoms with E-state index in [1.807, 2.05) is 6.07 Å². The summed E-state index contributed by atoms with van der Waals surface area (Å²) in [5.74, 6) is 1.51. The number of halogens is 1. The summed E-state index contributed by atoms with van der Waals surface area (Å²) in [4.78, 5) is 31.8. The highest BCUT2D eigenvalue weighted by molar-refractivity contribution is 5.92. The Bertz CT molecular complexity index is 1060. The largest absolute Gasteiger partial charge is 0.373 e. The molecule has 9 nitrogen and oxygen atoms in total. The van der Waals surface area contributed by atoms with Crippen LogP contribution in [0.2, 0.25) is 0 Å². The van der Waals surface area contributed by atoms with Crippen LogP contribution in [0, 0.1) is 5.82 Å². The Morgan fingerprint density at radius 2 is 1.97 bits per heavy atom. The number of hydrogen-bond acceptors (Lipinski definition) is 8. The predicted octanol–water partition coefficient (Wildman–Crippen LogP) is 3.01. The highest BCUT2D eigenvalue weighted by Gasteiger charge is 2.24. The molecule has 1 aliphatic heterocycles. The molecule has 1 fully saturated rings. The monoisotopic (exact) mass is 436 g/mol. The van der Waals surface area contributed by atoms with Gasteiger partial charge in [-0.15, -0.1) is 0 Å². The van der Waals surface area contributed by atoms with Crippen molar-refractivity contribution in [1.29, 1.82) is 0 Å². The Labute approximate surface area is 185 Å². The van der Waals surface area contributed by atoms with E-state index in [-0.39, 0.29) is 24.2 Å². The van der Waals surface area contributed by atoms with Crippen LogP contribution in [0.5, 0.6) is 0 Å². The van der Waals surface area contributed by atoms with Crippen LogP contribution in [0.15, 0.2) is 48.9 Å². The van der Waals surface area contributed by atoms with Gasteiger partial charge in [-0.25, -0.2) is 24.3 Å². The van der Waals surface area contributed by atoms with E-state index in [0.29, 0.717) is 23.3 Å². The molecule has 1 amide bonds. The molecular formula is C22H25FN8O. The molecule has 2 aromatic heterocycles. The van der Waals surface area contributed by atoms with Gasteiger partial charge >= 0.3 is 0 Å². The van der Waals surface area contributed by atoms with Crippen molar-refractivity contribution in [3.63, 3.8) is 0 Å². The molecular weight excluding hydrogens is 411 g/mol. The number of aromatic nitrogens is 4. The first-order valence-electron chi connectivity index (χ1n) is 10.5. The van der Waals surface area contributed by atoms with Crippen molar-refractivity contribution in [2.24, 2.45) is 0 Å². The zero-order valence-corrected chi connectivity index (χ0v) is 17.8. The lowest BCUT2D eigenvalue weighted by atomic mass is 9.94. The second-order valence-electron chi connectivity index (χ2n) is 7.60. The number of piperidine rings is 1. The van der Waals surface area contributed by atoms with Gasteiger partial charge in [0.15, 0.2) is 0 Å². The van der Waals surface area contributed by atoms with Gasteiger partial charge in [0, 0.05) is 37.5 Å². The van der Waals surface area contributed by atoms with Gasteiger partial charge in [0.2, 0.25) is 11.9 Å². The number of anilines is 4. The topological polar surface area (TPSA) is 108 Å². The molecule has 1 atom stereocenters. The minimum Gasteiger partial charge on any atom is -0.373 e. The van der Waals surface area contributed by atoms with E-state index in [9.17, 15) is 9.18 Å². The number of benzene rings is 1. The van der Waals surface area contributed by atoms with E-state index in [1.165, 1.54) is 18.5 Å². The molecule has 1 saturated heterocycles. The van der Waals surface area contributed by atoms with E-state index in [0.717, 1.165) is 31.6 Å². The van der Waals surface area contributed by atoms with Crippen LogP contribution in [0.3, 0.4) is 0 Å². The SMILES string of the molecule is CNc1cc(Nc2nccc(C3CCCN(CC(=O)Nc4ccc(F)cc4)C3)n2)ncn1. The Balaban J connectivity index is 1.36. The molecule has 0 saturated carbocycles. The maximum absolute atomic E-state index is 13.0. The molecule has 4 rings (SSSR count). The van der Waals surface area contributed by atoms with Crippen LogP contribution in [0.25, 0.3) is 0 Å². The number of nitrogens with one attached hydrogen (secondary N) is 3. The maximum Gasteiger partial charge on any atom is 0.238 e. The zero-order valence-electron chi connectivity index (χ0n) is 17.8. The van der Waals surface area contributed by atoms with E-state index in [2.05, 4.69) is 40.8 Å². The molecule has 0 radical (unpaired) electrons. The van der Waals surface area contributed by atoms with E-state index in [1.54, 1.807) is 31.4 Å². The zero-order chi connectivity index (χ0) is 22.3. The molecule has 0 aliphatic carbocycles. The summed E-state index contributed by atoms with van der Waals surface area (Å²) in [6.45, 7) is 1.85. The highest BCUT2D eigenvalue weighted by atomic mass is 19.1. The first kappa shape index (κ1) is 21.6. The smallest absolute Gasteiger partial charge is 0.238 e. The van der Waals surface area contributed by atoms with Crippen molar-refractivity contribution in [3.8, 4) is 0 Å². The van der Waals surface area contributed by atoms with Crippen LogP contribution in [-0.4, -0.2) is 57.4 Å². The minimum absolute atomic E-state index is 0.119. The molecule has 0 bridgehead atoms. The third kappa shape index (κ3) is 5.73. The van der Waals surface area contributed by atoms with Crippen molar-refractivity contribution < 1.29 is 9.18 Å². The van der Waals surface area contributed by atoms with Gasteiger partial charge < -0.3 is 16.0 Å². The number of carbonyl (C=O) groups is 1. The Morgan fingerprint density at radius 1 is 1.16 bits per heavy atom. The first-order valence-corrected chi connectivity index (χ1v) is 10.5. The maximum atomic E-state index is 13.0. The van der Waals surface area contributed by atoms with Gasteiger partial charge in [0.1, 0.15) is 23.8 Å². The second-order valence-corrected chi connectivity index (χ2v) is 7.60. The van der Waals surface area contributed by atoms with Crippen LogP contribution in [0.4, 0.5) is 27.7 Å². The van der Waals surface area contributed by atoms with Crippen molar-refractivity contribution in [3.05, 3.63) is 60.4 Å². The molecule has 166 valence electrons. The Hall–Kier alpha value is -3.66. The summed E-state index contributed by atoms with van der Waals surface area (Å²) < 4.78 is 13.0. The predicted molar refractivity (Wildman–Crippen MR) is 120 cm³/mol. The molecule has 3 heterocycles. The van der Waals surface area contributed by atoms with Crippen LogP contribution < -0.4 is 16.0 Å². The average Bonchev–Trinajstić information content (AvgIpc) is 2.81. The minimum atomic E-state index is -0.331. The van der Waals surface area contributed by atoms with Gasteiger partial charge in [-0.2, -0.15) is 0 Å². The van der Waals surface area contributed by atoms with E-state index in [4.69, 9.17) is 0 Å². The number of rotatable bonds is 7. The van der Waals surface area contributed by atoms with Crippen molar-refractivity contribution in [1.82, 2.24) is 24.8 Å². The lowest BCUT2D eigenvalue weighted by Gasteiger charge is -2.32. The molecule has 0 spiro atoms. The number of nitrogens with zero attached hydrogens (tertiary/aromatic N) is 5. The van der Waals surface area contributed by atoms with Crippen LogP contribution >= 0.6 is 0 Å². The van der Waals surface area contributed by atoms with Gasteiger partial charge in [-0.05, 0) is 49.7 Å². The number of carbonyl (C=O) groups excluding carboxylic acids is 1. The second kappa shape index (κ2) is 10.1. The van der Waals surface area contributed by atoms with Crippen LogP contribution in [0.1, 0.15) is 24.5 Å². The summed E-state index contributed by atoms with van der Waals surface area (Å²) in [7, 11) is 1.79. The fraction of sp³-hybridized carbons (Fsp3) is 0.318. The number of hydrogen-bond donors (Lipinski definition) is 3. The lowest BCUT2D eigenvalue weighted by molar-refractivity contribution is -0.117. The summed E-state index contributed by atoms with van der Waals surface area (Å²) >= 11 is 0. The fourth-order valence-electron chi connectivity index (χ4n) is 3.71. The molecule has 1 aliphatic rings. The third-order valence-corrected chi connectivity index (χ3v) is 5.26. The number of likely N-dealkylation sites (tertiary alicyclic amines) is 1. The summed E-state index contributed by atoms with van der Waals surface area (Å²) in [5.41, 5.74) is 1.51. The normalized spacial score (nSPS) is 16.4. The Kier molecular flexibility index (Phi) is 6.81. The van der Waals surface area contributed by atoms with E-state index >= 15 is 0 Å². The summed E-state index contributed by atoms with van der Waals surface area (Å²) in [6, 6.07) is 9.45. The summed E-state index contributed by atoms with van der Waals surface area (Å²) in [5, 5.41) is 8.90. The van der Waals surface area contributed by atoms with Crippen LogP contribution in [-0.2, 0) is 4.79 Å². The molecule has 10 heteroatoms. The first-order chi connectivity index (χ1) is 15.6. The van der Waals surface area contributed by atoms with Crippen molar-refractivity contribution in [2.45, 2.75) is 18.8 Å². The number of amides is 1. The quantitative estimate of drug-likeness (QED) is 0.519. The van der Waals surface area contributed by atoms with Gasteiger partial charge in [-0.1, -0.05) is 0 Å². The van der Waals surface area contributed by atoms with Gasteiger partial charge in [-0.3, -0.25) is 9.69 Å². The molecule has 32 heavy (non-hydrogen) atoms. The summed E-state index contributed by atoms with van der Waals surface area (Å²) in [6.07, 6.45) is 5.15. The average molecular weight is 436 g/mol. The Morgan fingerprint density at radius 3 is 2.78 bits per heavy atom. The van der Waals surface area contributed by atoms with Crippen molar-refractivity contribution in [2.75, 3.05) is 42.6 Å². The standard InChI is InChI=1S/C22H25FN8O/c1-24-19-11-20(27-14-26-19)30-22-25-9-8-18(29-22)15-3-2-10-31(12-15)13-21(32)28-17-6-4-16(23)5-7-17/h4-9,11,14-15H,2-3,10,12-13H2,1H3,(H,28,32)(H2,24,25,26,27,29,30).